The van der Waals surface area contributed by atoms with Crippen molar-refractivity contribution in [3.63, 3.8) is 0 Å². The van der Waals surface area contributed by atoms with Gasteiger partial charge >= 0.3 is 0 Å². The van der Waals surface area contributed by atoms with Crippen LogP contribution in [0.2, 0.25) is 0 Å². The summed E-state index contributed by atoms with van der Waals surface area (Å²) in [5.74, 6) is 1.28. The lowest BCUT2D eigenvalue weighted by Gasteiger charge is -2.13. The predicted molar refractivity (Wildman–Crippen MR) is 72.1 cm³/mol. The maximum absolute atomic E-state index is 11.0. The first kappa shape index (κ1) is 13.1. The van der Waals surface area contributed by atoms with E-state index in [9.17, 15) is 4.21 Å². The van der Waals surface area contributed by atoms with E-state index in [0.29, 0.717) is 17.3 Å². The van der Waals surface area contributed by atoms with Crippen LogP contribution in [-0.2, 0) is 10.8 Å². The molecule has 1 aromatic heterocycles. The molecule has 0 spiro atoms. The van der Waals surface area contributed by atoms with E-state index >= 15 is 0 Å². The smallest absolute Gasteiger partial charge is 0.126 e. The molecule has 0 saturated heterocycles. The van der Waals surface area contributed by atoms with Gasteiger partial charge in [0.25, 0.3) is 0 Å². The molecule has 2 unspecified atom stereocenters. The summed E-state index contributed by atoms with van der Waals surface area (Å²) in [5.41, 5.74) is 6.07. The molecule has 0 bridgehead atoms. The topological polar surface area (TPSA) is 68.0 Å². The lowest BCUT2D eigenvalue weighted by atomic mass is 10.3. The van der Waals surface area contributed by atoms with Crippen molar-refractivity contribution in [2.75, 3.05) is 17.3 Å². The van der Waals surface area contributed by atoms with Gasteiger partial charge in [-0.05, 0) is 19.1 Å². The SMILES string of the molecule is CC(CS(C)=O)Nc1cccc(C(N)=S)n1. The van der Waals surface area contributed by atoms with Gasteiger partial charge in [0, 0.05) is 28.9 Å². The summed E-state index contributed by atoms with van der Waals surface area (Å²) < 4.78 is 11.0. The summed E-state index contributed by atoms with van der Waals surface area (Å²) >= 11 is 4.84. The van der Waals surface area contributed by atoms with Gasteiger partial charge in [0.05, 0.1) is 5.69 Å². The van der Waals surface area contributed by atoms with Crippen molar-refractivity contribution in [3.05, 3.63) is 23.9 Å². The zero-order valence-electron chi connectivity index (χ0n) is 9.27. The van der Waals surface area contributed by atoms with Crippen LogP contribution in [0.5, 0.6) is 0 Å². The number of anilines is 1. The highest BCUT2D eigenvalue weighted by Gasteiger charge is 2.06. The molecule has 0 aliphatic carbocycles. The normalized spacial score (nSPS) is 14.1. The third kappa shape index (κ3) is 4.24. The van der Waals surface area contributed by atoms with E-state index in [1.54, 1.807) is 12.3 Å². The highest BCUT2D eigenvalue weighted by Crippen LogP contribution is 2.06. The molecular formula is C10H15N3OS2. The second-order valence-corrected chi connectivity index (χ2v) is 5.48. The summed E-state index contributed by atoms with van der Waals surface area (Å²) in [6, 6.07) is 5.52. The van der Waals surface area contributed by atoms with Crippen molar-refractivity contribution in [3.8, 4) is 0 Å². The van der Waals surface area contributed by atoms with Crippen molar-refractivity contribution >= 4 is 33.8 Å². The number of nitrogens with two attached hydrogens (primary N) is 1. The highest BCUT2D eigenvalue weighted by atomic mass is 32.2. The lowest BCUT2D eigenvalue weighted by molar-refractivity contribution is 0.683. The van der Waals surface area contributed by atoms with Crippen LogP contribution in [0.1, 0.15) is 12.6 Å². The van der Waals surface area contributed by atoms with Gasteiger partial charge in [-0.25, -0.2) is 4.98 Å². The van der Waals surface area contributed by atoms with Gasteiger partial charge in [-0.3, -0.25) is 4.21 Å². The molecule has 0 saturated carbocycles. The summed E-state index contributed by atoms with van der Waals surface area (Å²) in [5, 5.41) is 3.15. The fourth-order valence-corrected chi connectivity index (χ4v) is 2.20. The molecule has 0 aliphatic rings. The second kappa shape index (κ2) is 5.91. The summed E-state index contributed by atoms with van der Waals surface area (Å²) in [4.78, 5) is 4.52. The van der Waals surface area contributed by atoms with E-state index in [4.69, 9.17) is 18.0 Å². The average Bonchev–Trinajstić information content (AvgIpc) is 2.16. The van der Waals surface area contributed by atoms with Crippen LogP contribution in [0.15, 0.2) is 18.2 Å². The first-order chi connectivity index (χ1) is 7.49. The number of pyridine rings is 1. The van der Waals surface area contributed by atoms with Gasteiger partial charge in [0.1, 0.15) is 10.8 Å². The third-order valence-electron chi connectivity index (χ3n) is 1.88. The number of aromatic nitrogens is 1. The Balaban J connectivity index is 2.70. The summed E-state index contributed by atoms with van der Waals surface area (Å²) in [6.07, 6.45) is 1.68. The molecule has 0 radical (unpaired) electrons. The molecule has 6 heteroatoms. The second-order valence-electron chi connectivity index (χ2n) is 3.56. The van der Waals surface area contributed by atoms with E-state index in [0.717, 1.165) is 0 Å². The first-order valence-electron chi connectivity index (χ1n) is 4.82. The standard InChI is InChI=1S/C10H15N3OS2/c1-7(6-16(2)14)12-9-5-3-4-8(13-9)10(11)15/h3-5,7H,6H2,1-2H3,(H2,11,15)(H,12,13). The van der Waals surface area contributed by atoms with Crippen molar-refractivity contribution in [1.29, 1.82) is 0 Å². The minimum Gasteiger partial charge on any atom is -0.388 e. The predicted octanol–water partition coefficient (Wildman–Crippen LogP) is 0.895. The minimum atomic E-state index is -0.824. The van der Waals surface area contributed by atoms with Crippen molar-refractivity contribution < 1.29 is 4.21 Å². The fourth-order valence-electron chi connectivity index (χ4n) is 1.30. The van der Waals surface area contributed by atoms with Crippen LogP contribution < -0.4 is 11.1 Å². The van der Waals surface area contributed by atoms with E-state index < -0.39 is 10.8 Å². The number of hydrogen-bond donors (Lipinski definition) is 2. The fraction of sp³-hybridized carbons (Fsp3) is 0.400. The van der Waals surface area contributed by atoms with Gasteiger partial charge in [0.2, 0.25) is 0 Å². The van der Waals surface area contributed by atoms with Crippen LogP contribution in [-0.4, -0.2) is 32.2 Å². The van der Waals surface area contributed by atoms with Crippen LogP contribution in [0.25, 0.3) is 0 Å². The molecule has 3 N–H and O–H groups in total. The van der Waals surface area contributed by atoms with E-state index in [-0.39, 0.29) is 11.0 Å². The molecule has 0 fully saturated rings. The summed E-state index contributed by atoms with van der Waals surface area (Å²) in [6.45, 7) is 1.95. The first-order valence-corrected chi connectivity index (χ1v) is 6.96. The molecule has 88 valence electrons. The molecule has 1 rings (SSSR count). The summed E-state index contributed by atoms with van der Waals surface area (Å²) in [7, 11) is -0.824. The zero-order valence-corrected chi connectivity index (χ0v) is 10.9. The molecule has 16 heavy (non-hydrogen) atoms. The highest BCUT2D eigenvalue weighted by molar-refractivity contribution is 7.84. The Morgan fingerprint density at radius 1 is 1.69 bits per heavy atom. The number of hydrogen-bond acceptors (Lipinski definition) is 4. The zero-order chi connectivity index (χ0) is 12.1. The van der Waals surface area contributed by atoms with Gasteiger partial charge in [-0.15, -0.1) is 0 Å². The monoisotopic (exact) mass is 257 g/mol. The average molecular weight is 257 g/mol. The molecule has 0 aromatic carbocycles. The maximum atomic E-state index is 11.0. The molecule has 1 aromatic rings. The molecule has 0 amide bonds. The Kier molecular flexibility index (Phi) is 4.82. The quantitative estimate of drug-likeness (QED) is 0.767. The van der Waals surface area contributed by atoms with E-state index in [1.165, 1.54) is 0 Å². The number of nitrogens with one attached hydrogen (secondary N) is 1. The molecular weight excluding hydrogens is 242 g/mol. The molecule has 1 heterocycles. The number of thiocarbonyl (C=S) groups is 1. The Morgan fingerprint density at radius 3 is 2.94 bits per heavy atom. The lowest BCUT2D eigenvalue weighted by Crippen LogP contribution is -2.23. The van der Waals surface area contributed by atoms with Crippen LogP contribution in [0.3, 0.4) is 0 Å². The third-order valence-corrected chi connectivity index (χ3v) is 3.06. The molecule has 0 aliphatic heterocycles. The number of nitrogens with zero attached hydrogens (tertiary/aromatic N) is 1. The van der Waals surface area contributed by atoms with E-state index in [1.807, 2.05) is 19.1 Å². The van der Waals surface area contributed by atoms with Gasteiger partial charge in [0.15, 0.2) is 0 Å². The maximum Gasteiger partial charge on any atom is 0.126 e. The molecule has 2 atom stereocenters. The number of rotatable bonds is 5. The Hall–Kier alpha value is -1.01. The van der Waals surface area contributed by atoms with Gasteiger partial charge in [-0.2, -0.15) is 0 Å². The molecule has 4 nitrogen and oxygen atoms in total. The Bertz CT molecular complexity index is 409. The van der Waals surface area contributed by atoms with Crippen LogP contribution >= 0.6 is 12.2 Å². The van der Waals surface area contributed by atoms with Crippen molar-refractivity contribution in [1.82, 2.24) is 4.98 Å². The Morgan fingerprint density at radius 2 is 2.38 bits per heavy atom. The van der Waals surface area contributed by atoms with Crippen LogP contribution in [0, 0.1) is 0 Å². The van der Waals surface area contributed by atoms with Gasteiger partial charge < -0.3 is 11.1 Å². The van der Waals surface area contributed by atoms with Crippen molar-refractivity contribution in [2.24, 2.45) is 5.73 Å². The van der Waals surface area contributed by atoms with E-state index in [2.05, 4.69) is 10.3 Å². The Labute approximate surface area is 103 Å². The van der Waals surface area contributed by atoms with Crippen LogP contribution in [0.4, 0.5) is 5.82 Å². The largest absolute Gasteiger partial charge is 0.388 e. The van der Waals surface area contributed by atoms with Crippen molar-refractivity contribution in [2.45, 2.75) is 13.0 Å². The van der Waals surface area contributed by atoms with Gasteiger partial charge in [-0.1, -0.05) is 18.3 Å². The minimum absolute atomic E-state index is 0.0972.